The standard InChI is InChI=1S/C33H22BrClFN3O3S.C27H21FN2O2S.C6H3BrClNO2/c34-22-17-25(31(35)37-18-22)32(41)38-23-11-9-19(10-12-23)33(42)39-14-13-21-16-29(28(40)15-20-5-1-3-7-26(20)36)43-30(21)24-6-2-4-8-27(24)39;28-22-7-3-1-5-18(22)15-24(31)25-16-19-13-14-30(27(32)17-9-11-20(29)12-10-17)23-8-4-2-6-21(23)26(19)33-25;7-3-1-4(6(10)11)5(8)9-2-3/h1-12,16-18H,13-15H2,(H,38,41);1-12,16H,13-15,29H2;1-2H,(H,10,11). The van der Waals surface area contributed by atoms with Gasteiger partial charge in [0.15, 0.2) is 11.6 Å². The van der Waals surface area contributed by atoms with E-state index >= 15 is 0 Å². The zero-order valence-corrected chi connectivity index (χ0v) is 51.7. The van der Waals surface area contributed by atoms with Gasteiger partial charge in [0.25, 0.3) is 17.7 Å². The SMILES string of the molecule is Nc1ccc(C(=O)N2CCc3cc(C(=O)Cc4ccccc4F)sc3-c3ccccc32)cc1.O=C(Cc1ccccc1F)c1cc2c(s1)-c1ccccc1N(C(=O)c1ccc(NC(=O)c3cc(Br)cnc3Cl)cc1)CC2.O=C(O)c1cc(Br)cnc1Cl. The van der Waals surface area contributed by atoms with Gasteiger partial charge in [0.1, 0.15) is 21.9 Å². The van der Waals surface area contributed by atoms with Crippen LogP contribution >= 0.6 is 77.7 Å². The summed E-state index contributed by atoms with van der Waals surface area (Å²) in [5.74, 6) is -2.78. The van der Waals surface area contributed by atoms with E-state index in [0.29, 0.717) is 78.3 Å². The van der Waals surface area contributed by atoms with Gasteiger partial charge in [-0.3, -0.25) is 24.0 Å². The highest BCUT2D eigenvalue weighted by Crippen LogP contribution is 2.44. The van der Waals surface area contributed by atoms with Crippen molar-refractivity contribution in [1.29, 1.82) is 0 Å². The fourth-order valence-electron chi connectivity index (χ4n) is 9.68. The number of rotatable bonds is 11. The number of carbonyl (C=O) groups is 6. The predicted octanol–water partition coefficient (Wildman–Crippen LogP) is 16.2. The van der Waals surface area contributed by atoms with Crippen molar-refractivity contribution in [3.63, 3.8) is 0 Å². The summed E-state index contributed by atoms with van der Waals surface area (Å²) in [4.78, 5) is 90.5. The number of carbonyl (C=O) groups excluding carboxylic acids is 5. The molecule has 436 valence electrons. The number of para-hydroxylation sites is 2. The summed E-state index contributed by atoms with van der Waals surface area (Å²) in [6, 6.07) is 48.4. The third-order valence-electron chi connectivity index (χ3n) is 14.0. The summed E-state index contributed by atoms with van der Waals surface area (Å²) in [5.41, 5.74) is 14.2. The molecule has 13 nitrogen and oxygen atoms in total. The van der Waals surface area contributed by atoms with E-state index in [2.05, 4.69) is 47.1 Å². The van der Waals surface area contributed by atoms with Gasteiger partial charge < -0.3 is 26.0 Å². The Morgan fingerprint density at radius 3 is 1.43 bits per heavy atom. The first-order valence-electron chi connectivity index (χ1n) is 26.6. The summed E-state index contributed by atoms with van der Waals surface area (Å²) in [7, 11) is 0. The van der Waals surface area contributed by atoms with E-state index in [-0.39, 0.29) is 63.5 Å². The third kappa shape index (κ3) is 14.3. The molecule has 0 fully saturated rings. The van der Waals surface area contributed by atoms with E-state index in [1.807, 2.05) is 60.7 Å². The molecule has 4 aromatic heterocycles. The van der Waals surface area contributed by atoms with Gasteiger partial charge in [0.05, 0.1) is 32.3 Å². The third-order valence-corrected chi connectivity index (χ3v) is 18.0. The molecule has 0 atom stereocenters. The summed E-state index contributed by atoms with van der Waals surface area (Å²) in [6.45, 7) is 0.901. The van der Waals surface area contributed by atoms with Crippen molar-refractivity contribution in [2.75, 3.05) is 33.9 Å². The van der Waals surface area contributed by atoms with Crippen LogP contribution in [-0.4, -0.2) is 63.4 Å². The minimum Gasteiger partial charge on any atom is -0.478 e. The Morgan fingerprint density at radius 1 is 0.563 bits per heavy atom. The Kier molecular flexibility index (Phi) is 19.4. The minimum atomic E-state index is -1.08. The molecule has 2 aliphatic rings. The Bertz CT molecular complexity index is 4320. The number of ketones is 2. The number of pyridine rings is 2. The van der Waals surface area contributed by atoms with Gasteiger partial charge in [-0.1, -0.05) is 96.0 Å². The van der Waals surface area contributed by atoms with E-state index in [0.717, 1.165) is 43.4 Å². The molecule has 3 amide bonds. The lowest BCUT2D eigenvalue weighted by Crippen LogP contribution is -2.32. The van der Waals surface area contributed by atoms with Crippen LogP contribution in [0.5, 0.6) is 0 Å². The molecule has 0 aliphatic carbocycles. The van der Waals surface area contributed by atoms with E-state index in [4.69, 9.17) is 34.0 Å². The van der Waals surface area contributed by atoms with Crippen molar-refractivity contribution < 1.29 is 42.7 Å². The normalized spacial score (nSPS) is 12.0. The average Bonchev–Trinajstić information content (AvgIpc) is 2.48. The van der Waals surface area contributed by atoms with Gasteiger partial charge in [-0.25, -0.2) is 23.5 Å². The Balaban J connectivity index is 0.000000168. The molecule has 6 aromatic carbocycles. The Hall–Kier alpha value is -8.56. The van der Waals surface area contributed by atoms with Crippen molar-refractivity contribution in [2.45, 2.75) is 25.7 Å². The lowest BCUT2D eigenvalue weighted by atomic mass is 10.0. The van der Waals surface area contributed by atoms with E-state index in [9.17, 15) is 37.5 Å². The number of anilines is 4. The molecule has 2 aliphatic heterocycles. The topological polar surface area (TPSA) is 193 Å². The molecule has 6 heterocycles. The summed E-state index contributed by atoms with van der Waals surface area (Å²) >= 11 is 20.7. The minimum absolute atomic E-state index is 0.000648. The average molecular weight is 1370 g/mol. The van der Waals surface area contributed by atoms with Crippen LogP contribution in [0.15, 0.2) is 191 Å². The molecule has 10 aromatic rings. The number of nitrogens with one attached hydrogen (secondary N) is 1. The second kappa shape index (κ2) is 27.4. The van der Waals surface area contributed by atoms with Gasteiger partial charge in [-0.15, -0.1) is 22.7 Å². The molecular formula is C66H46Br2Cl2F2N6O7S2. The quantitative estimate of drug-likeness (QED) is 0.0637. The fourth-order valence-corrected chi connectivity index (χ4v) is 13.1. The molecule has 4 N–H and O–H groups in total. The van der Waals surface area contributed by atoms with Crippen LogP contribution in [0.3, 0.4) is 0 Å². The number of aromatic carboxylic acids is 1. The number of thiophene rings is 2. The maximum atomic E-state index is 14.2. The molecule has 0 saturated carbocycles. The van der Waals surface area contributed by atoms with Gasteiger partial charge in [-0.2, -0.15) is 0 Å². The van der Waals surface area contributed by atoms with Crippen LogP contribution in [0.25, 0.3) is 20.9 Å². The van der Waals surface area contributed by atoms with Crippen LogP contribution in [0.2, 0.25) is 10.3 Å². The van der Waals surface area contributed by atoms with Crippen LogP contribution in [0.4, 0.5) is 31.5 Å². The number of nitrogen functional groups attached to an aromatic ring is 1. The Labute approximate surface area is 532 Å². The summed E-state index contributed by atoms with van der Waals surface area (Å²) in [6.07, 6.45) is 4.13. The fraction of sp³-hybridized carbons (Fsp3) is 0.0909. The van der Waals surface area contributed by atoms with Crippen molar-refractivity contribution in [2.24, 2.45) is 0 Å². The maximum absolute atomic E-state index is 14.2. The second-order valence-corrected chi connectivity index (χ2v) is 24.4. The van der Waals surface area contributed by atoms with Gasteiger partial charge in [0.2, 0.25) is 0 Å². The molecule has 0 spiro atoms. The molecule has 0 unspecified atom stereocenters. The van der Waals surface area contributed by atoms with Crippen LogP contribution in [0, 0.1) is 11.6 Å². The van der Waals surface area contributed by atoms with Crippen LogP contribution < -0.4 is 20.9 Å². The van der Waals surface area contributed by atoms with Crippen molar-refractivity contribution >= 4 is 136 Å². The predicted molar refractivity (Wildman–Crippen MR) is 345 cm³/mol. The molecule has 0 saturated heterocycles. The number of fused-ring (bicyclic) bond motifs is 6. The van der Waals surface area contributed by atoms with Crippen molar-refractivity contribution in [1.82, 2.24) is 9.97 Å². The number of halogens is 6. The smallest absolute Gasteiger partial charge is 0.338 e. The summed E-state index contributed by atoms with van der Waals surface area (Å²) in [5, 5.41) is 11.4. The lowest BCUT2D eigenvalue weighted by molar-refractivity contribution is 0.0695. The highest BCUT2D eigenvalue weighted by atomic mass is 79.9. The number of aromatic nitrogens is 2. The van der Waals surface area contributed by atoms with Crippen LogP contribution in [0.1, 0.15) is 83.0 Å². The number of nitrogens with two attached hydrogens (primary N) is 1. The van der Waals surface area contributed by atoms with Gasteiger partial charge in [0, 0.05) is 90.7 Å². The molecule has 87 heavy (non-hydrogen) atoms. The number of hydrogen-bond donors (Lipinski definition) is 3. The lowest BCUT2D eigenvalue weighted by Gasteiger charge is -2.23. The molecular weight excluding hydrogens is 1320 g/mol. The van der Waals surface area contributed by atoms with Crippen LogP contribution in [-0.2, 0) is 25.7 Å². The number of hydrogen-bond acceptors (Lipinski definition) is 11. The maximum Gasteiger partial charge on any atom is 0.338 e. The zero-order valence-electron chi connectivity index (χ0n) is 45.4. The van der Waals surface area contributed by atoms with Crippen molar-refractivity contribution in [3.8, 4) is 20.9 Å². The first kappa shape index (κ1) is 61.5. The number of Topliss-reactive ketones (excluding diaryl/α,β-unsaturated/α-hetero) is 2. The number of carboxylic acids is 1. The number of amides is 3. The number of carboxylic acid groups (broad SMARTS) is 1. The van der Waals surface area contributed by atoms with E-state index in [1.54, 1.807) is 101 Å². The number of nitrogens with zero attached hydrogens (tertiary/aromatic N) is 4. The van der Waals surface area contributed by atoms with Crippen molar-refractivity contribution in [3.05, 3.63) is 267 Å². The largest absolute Gasteiger partial charge is 0.478 e. The highest BCUT2D eigenvalue weighted by molar-refractivity contribution is 9.10. The van der Waals surface area contributed by atoms with E-state index in [1.165, 1.54) is 53.3 Å². The first-order valence-corrected chi connectivity index (χ1v) is 30.6. The molecule has 0 radical (unpaired) electrons. The van der Waals surface area contributed by atoms with Gasteiger partial charge >= 0.3 is 5.97 Å². The molecule has 21 heteroatoms. The molecule has 0 bridgehead atoms. The zero-order chi connectivity index (χ0) is 61.5. The summed E-state index contributed by atoms with van der Waals surface area (Å²) < 4.78 is 29.4. The highest BCUT2D eigenvalue weighted by Gasteiger charge is 2.30. The van der Waals surface area contributed by atoms with Gasteiger partial charge in [-0.05, 0) is 164 Å². The second-order valence-electron chi connectivity index (χ2n) is 19.7. The Morgan fingerprint density at radius 2 is 0.977 bits per heavy atom. The van der Waals surface area contributed by atoms with E-state index < -0.39 is 17.7 Å². The monoisotopic (exact) mass is 1360 g/mol. The molecule has 12 rings (SSSR count). The number of benzene rings is 6. The first-order chi connectivity index (χ1) is 41.9.